The number of rotatable bonds is 8. The average molecular weight is 291 g/mol. The molecule has 1 aliphatic carbocycles. The largest absolute Gasteiger partial charge is 0.482 e. The Balaban J connectivity index is 2.06. The Kier molecular flexibility index (Phi) is 5.20. The molecule has 0 heterocycles. The molecule has 1 aliphatic rings. The molecule has 1 amide bonds. The average Bonchev–Trinajstić information content (AvgIpc) is 3.30. The smallest absolute Gasteiger partial charge is 0.341 e. The van der Waals surface area contributed by atoms with Crippen molar-refractivity contribution in [2.75, 3.05) is 13.2 Å². The number of hydrogen-bond donors (Lipinski definition) is 1. The first-order chi connectivity index (χ1) is 10.1. The zero-order valence-corrected chi connectivity index (χ0v) is 12.2. The van der Waals surface area contributed by atoms with Crippen LogP contribution in [0.25, 0.3) is 0 Å². The summed E-state index contributed by atoms with van der Waals surface area (Å²) in [6.45, 7) is 2.48. The molecule has 1 fully saturated rings. The van der Waals surface area contributed by atoms with E-state index in [0.717, 1.165) is 32.2 Å². The third-order valence-electron chi connectivity index (χ3n) is 3.44. The number of aliphatic carboxylic acids is 1. The second-order valence-electron chi connectivity index (χ2n) is 5.29. The van der Waals surface area contributed by atoms with Gasteiger partial charge in [-0.2, -0.15) is 0 Å². The molecule has 0 aromatic heterocycles. The Morgan fingerprint density at radius 3 is 2.76 bits per heavy atom. The van der Waals surface area contributed by atoms with E-state index in [2.05, 4.69) is 6.92 Å². The molecule has 1 N–H and O–H groups in total. The van der Waals surface area contributed by atoms with E-state index in [0.29, 0.717) is 17.4 Å². The van der Waals surface area contributed by atoms with Crippen molar-refractivity contribution in [3.63, 3.8) is 0 Å². The van der Waals surface area contributed by atoms with Crippen LogP contribution in [0.4, 0.5) is 0 Å². The van der Waals surface area contributed by atoms with E-state index in [-0.39, 0.29) is 5.91 Å². The predicted octanol–water partition coefficient (Wildman–Crippen LogP) is 2.55. The lowest BCUT2D eigenvalue weighted by molar-refractivity contribution is -0.139. The summed E-state index contributed by atoms with van der Waals surface area (Å²) in [5.74, 6) is -0.615. The monoisotopic (exact) mass is 291 g/mol. The van der Waals surface area contributed by atoms with Gasteiger partial charge >= 0.3 is 5.97 Å². The fourth-order valence-electron chi connectivity index (χ4n) is 2.19. The van der Waals surface area contributed by atoms with Gasteiger partial charge in [0.05, 0.1) is 0 Å². The van der Waals surface area contributed by atoms with Gasteiger partial charge < -0.3 is 14.7 Å². The van der Waals surface area contributed by atoms with Crippen molar-refractivity contribution in [2.45, 2.75) is 38.6 Å². The number of amides is 1. The van der Waals surface area contributed by atoms with Gasteiger partial charge in [-0.25, -0.2) is 4.79 Å². The molecule has 5 nitrogen and oxygen atoms in total. The summed E-state index contributed by atoms with van der Waals surface area (Å²) in [5.41, 5.74) is 0.556. The maximum atomic E-state index is 12.6. The van der Waals surface area contributed by atoms with Gasteiger partial charge in [0.15, 0.2) is 6.61 Å². The molecule has 0 spiro atoms. The Bertz CT molecular complexity index is 511. The maximum Gasteiger partial charge on any atom is 0.341 e. The summed E-state index contributed by atoms with van der Waals surface area (Å²) in [6, 6.07) is 7.11. The third-order valence-corrected chi connectivity index (χ3v) is 3.44. The third kappa shape index (κ3) is 4.48. The lowest BCUT2D eigenvalue weighted by Crippen LogP contribution is -2.34. The highest BCUT2D eigenvalue weighted by Crippen LogP contribution is 2.29. The fourth-order valence-corrected chi connectivity index (χ4v) is 2.19. The molecule has 114 valence electrons. The lowest BCUT2D eigenvalue weighted by Gasteiger charge is -2.22. The summed E-state index contributed by atoms with van der Waals surface area (Å²) in [5, 5.41) is 8.62. The van der Waals surface area contributed by atoms with Crippen molar-refractivity contribution in [3.8, 4) is 5.75 Å². The summed E-state index contributed by atoms with van der Waals surface area (Å²) in [6.07, 6.45) is 4.20. The van der Waals surface area contributed by atoms with Crippen LogP contribution >= 0.6 is 0 Å². The molecule has 0 aliphatic heterocycles. The lowest BCUT2D eigenvalue weighted by atomic mass is 10.1. The van der Waals surface area contributed by atoms with Crippen LogP contribution < -0.4 is 4.74 Å². The number of nitrogens with zero attached hydrogens (tertiary/aromatic N) is 1. The van der Waals surface area contributed by atoms with Crippen molar-refractivity contribution < 1.29 is 19.4 Å². The van der Waals surface area contributed by atoms with Gasteiger partial charge in [0.2, 0.25) is 0 Å². The van der Waals surface area contributed by atoms with E-state index in [1.165, 1.54) is 0 Å². The summed E-state index contributed by atoms with van der Waals surface area (Å²) < 4.78 is 5.12. The molecule has 0 saturated heterocycles. The van der Waals surface area contributed by atoms with Crippen molar-refractivity contribution in [3.05, 3.63) is 29.8 Å². The van der Waals surface area contributed by atoms with Crippen LogP contribution in [0.15, 0.2) is 24.3 Å². The topological polar surface area (TPSA) is 66.8 Å². The van der Waals surface area contributed by atoms with Crippen LogP contribution in [0, 0.1) is 0 Å². The van der Waals surface area contributed by atoms with Gasteiger partial charge in [0.25, 0.3) is 5.91 Å². The quantitative estimate of drug-likeness (QED) is 0.799. The molecule has 21 heavy (non-hydrogen) atoms. The van der Waals surface area contributed by atoms with Gasteiger partial charge in [-0.15, -0.1) is 0 Å². The van der Waals surface area contributed by atoms with Crippen LogP contribution in [0.1, 0.15) is 43.0 Å². The van der Waals surface area contributed by atoms with Crippen LogP contribution in [-0.2, 0) is 4.79 Å². The van der Waals surface area contributed by atoms with Crippen molar-refractivity contribution >= 4 is 11.9 Å². The molecule has 0 atom stereocenters. The summed E-state index contributed by atoms with van der Waals surface area (Å²) in [7, 11) is 0. The van der Waals surface area contributed by atoms with Gasteiger partial charge in [0, 0.05) is 18.2 Å². The Morgan fingerprint density at radius 1 is 1.38 bits per heavy atom. The minimum absolute atomic E-state index is 0.00623. The Labute approximate surface area is 124 Å². The number of carboxylic acid groups (broad SMARTS) is 1. The molecule has 1 aromatic rings. The van der Waals surface area contributed by atoms with E-state index < -0.39 is 12.6 Å². The summed E-state index contributed by atoms with van der Waals surface area (Å²) >= 11 is 0. The second-order valence-corrected chi connectivity index (χ2v) is 5.29. The van der Waals surface area contributed by atoms with Crippen LogP contribution in [0.3, 0.4) is 0 Å². The van der Waals surface area contributed by atoms with Crippen LogP contribution in [0.2, 0.25) is 0 Å². The highest BCUT2D eigenvalue weighted by Gasteiger charge is 2.32. The van der Waals surface area contributed by atoms with Crippen LogP contribution in [0.5, 0.6) is 5.75 Å². The predicted molar refractivity (Wildman–Crippen MR) is 78.5 cm³/mol. The molecule has 1 aromatic carbocycles. The van der Waals surface area contributed by atoms with E-state index in [9.17, 15) is 9.59 Å². The molecule has 2 rings (SSSR count). The SMILES string of the molecule is CCCCN(C(=O)c1cccc(OCC(=O)O)c1)C1CC1. The molecule has 5 heteroatoms. The first-order valence-electron chi connectivity index (χ1n) is 7.37. The van der Waals surface area contributed by atoms with Crippen molar-refractivity contribution in [1.82, 2.24) is 4.90 Å². The molecular formula is C16H21NO4. The number of carboxylic acids is 1. The van der Waals surface area contributed by atoms with Crippen molar-refractivity contribution in [2.24, 2.45) is 0 Å². The zero-order valence-electron chi connectivity index (χ0n) is 12.2. The van der Waals surface area contributed by atoms with Gasteiger partial charge in [-0.05, 0) is 37.5 Å². The normalized spacial score (nSPS) is 13.8. The minimum atomic E-state index is -1.03. The fraction of sp³-hybridized carbons (Fsp3) is 0.500. The Morgan fingerprint density at radius 2 is 2.14 bits per heavy atom. The molecule has 0 unspecified atom stereocenters. The van der Waals surface area contributed by atoms with E-state index in [1.807, 2.05) is 4.90 Å². The molecular weight excluding hydrogens is 270 g/mol. The molecule has 0 bridgehead atoms. The van der Waals surface area contributed by atoms with Crippen molar-refractivity contribution in [1.29, 1.82) is 0 Å². The van der Waals surface area contributed by atoms with Gasteiger partial charge in [-0.1, -0.05) is 19.4 Å². The highest BCUT2D eigenvalue weighted by molar-refractivity contribution is 5.95. The van der Waals surface area contributed by atoms with Crippen LogP contribution in [-0.4, -0.2) is 41.1 Å². The first kappa shape index (κ1) is 15.4. The Hall–Kier alpha value is -2.04. The highest BCUT2D eigenvalue weighted by atomic mass is 16.5. The van der Waals surface area contributed by atoms with Gasteiger partial charge in [-0.3, -0.25) is 4.79 Å². The maximum absolute atomic E-state index is 12.6. The first-order valence-corrected chi connectivity index (χ1v) is 7.37. The minimum Gasteiger partial charge on any atom is -0.482 e. The van der Waals surface area contributed by atoms with Gasteiger partial charge in [0.1, 0.15) is 5.75 Å². The second kappa shape index (κ2) is 7.11. The standard InChI is InChI=1S/C16H21NO4/c1-2-3-9-17(13-7-8-13)16(20)12-5-4-6-14(10-12)21-11-15(18)19/h4-6,10,13H,2-3,7-9,11H2,1H3,(H,18,19). The summed E-state index contributed by atoms with van der Waals surface area (Å²) in [4.78, 5) is 25.0. The number of ether oxygens (including phenoxy) is 1. The zero-order chi connectivity index (χ0) is 15.2. The number of benzene rings is 1. The van der Waals surface area contributed by atoms with E-state index in [4.69, 9.17) is 9.84 Å². The molecule has 0 radical (unpaired) electrons. The number of carbonyl (C=O) groups is 2. The number of hydrogen-bond acceptors (Lipinski definition) is 3. The number of unbranched alkanes of at least 4 members (excludes halogenated alkanes) is 1. The van der Waals surface area contributed by atoms with E-state index in [1.54, 1.807) is 24.3 Å². The van der Waals surface area contributed by atoms with E-state index >= 15 is 0 Å². The number of carbonyl (C=O) groups excluding carboxylic acids is 1. The molecule has 1 saturated carbocycles.